The van der Waals surface area contributed by atoms with E-state index >= 15 is 0 Å². The fraction of sp³-hybridized carbons (Fsp3) is 0.750. The number of hydrogen-bond acceptors (Lipinski definition) is 6. The molecule has 0 atom stereocenters. The highest BCUT2D eigenvalue weighted by atomic mass is 16.6. The van der Waals surface area contributed by atoms with E-state index in [0.29, 0.717) is 0 Å². The summed E-state index contributed by atoms with van der Waals surface area (Å²) in [6.07, 6.45) is 4.68. The average Bonchev–Trinajstić information content (AvgIpc) is 2.36. The largest absolute Gasteiger partial charge is 0.675 e. The Morgan fingerprint density at radius 1 is 1.11 bits per heavy atom. The van der Waals surface area contributed by atoms with Crippen LogP contribution >= 0.6 is 0 Å². The Bertz CT molecular complexity index is 360. The van der Waals surface area contributed by atoms with Crippen LogP contribution in [0.2, 0.25) is 0 Å². The summed E-state index contributed by atoms with van der Waals surface area (Å²) in [6, 6.07) is 0. The van der Waals surface area contributed by atoms with Gasteiger partial charge in [-0.05, 0) is 19.9 Å². The van der Waals surface area contributed by atoms with Gasteiger partial charge in [-0.25, -0.2) is 0 Å². The van der Waals surface area contributed by atoms with Crippen LogP contribution in [-0.2, 0) is 23.7 Å². The molecule has 2 rings (SSSR count). The van der Waals surface area contributed by atoms with Crippen molar-refractivity contribution < 1.29 is 23.7 Å². The standard InChI is InChI=1S/C12H18BNO5/c1-14-7-10(15)18-13(19-11(16)8-14)12(17)9-5-3-2-4-6-9/h9H,2-8H2,1H3. The molecule has 6 nitrogen and oxygen atoms in total. The Balaban J connectivity index is 2.01. The van der Waals surface area contributed by atoms with E-state index in [-0.39, 0.29) is 24.7 Å². The molecule has 0 aromatic rings. The van der Waals surface area contributed by atoms with E-state index in [1.54, 1.807) is 7.05 Å². The molecule has 104 valence electrons. The second-order valence-electron chi connectivity index (χ2n) is 5.22. The number of rotatable bonds is 2. The predicted octanol–water partition coefficient (Wildman–Crippen LogP) is 0.195. The van der Waals surface area contributed by atoms with Gasteiger partial charge < -0.3 is 14.1 Å². The first kappa shape index (κ1) is 14.1. The fourth-order valence-corrected chi connectivity index (χ4v) is 2.53. The zero-order chi connectivity index (χ0) is 13.8. The summed E-state index contributed by atoms with van der Waals surface area (Å²) in [5, 5.41) is 0. The maximum atomic E-state index is 12.2. The fourth-order valence-electron chi connectivity index (χ4n) is 2.53. The summed E-state index contributed by atoms with van der Waals surface area (Å²) in [6.45, 7) is -0.0207. The van der Waals surface area contributed by atoms with Gasteiger partial charge in [0.2, 0.25) is 0 Å². The second kappa shape index (κ2) is 6.19. The van der Waals surface area contributed by atoms with Crippen LogP contribution in [0.3, 0.4) is 0 Å². The van der Waals surface area contributed by atoms with Crippen LogP contribution in [-0.4, -0.2) is 49.8 Å². The molecular weight excluding hydrogens is 249 g/mol. The molecular formula is C12H18BNO5. The van der Waals surface area contributed by atoms with Crippen LogP contribution < -0.4 is 0 Å². The molecule has 0 bridgehead atoms. The van der Waals surface area contributed by atoms with Gasteiger partial charge in [0.25, 0.3) is 0 Å². The van der Waals surface area contributed by atoms with Gasteiger partial charge in [-0.3, -0.25) is 14.5 Å². The van der Waals surface area contributed by atoms with E-state index in [1.807, 2.05) is 0 Å². The quantitative estimate of drug-likeness (QED) is 0.665. The van der Waals surface area contributed by atoms with Crippen molar-refractivity contribution in [2.24, 2.45) is 5.92 Å². The molecule has 2 aliphatic rings. The third-order valence-electron chi connectivity index (χ3n) is 3.51. The van der Waals surface area contributed by atoms with Crippen LogP contribution in [0.4, 0.5) is 0 Å². The molecule has 7 heteroatoms. The van der Waals surface area contributed by atoms with Crippen molar-refractivity contribution >= 4 is 24.7 Å². The highest BCUT2D eigenvalue weighted by Gasteiger charge is 2.42. The van der Waals surface area contributed by atoms with E-state index in [1.165, 1.54) is 4.90 Å². The SMILES string of the molecule is CN1CC(=O)OB(C(=O)C2CCCCC2)OC(=O)C1. The molecule has 19 heavy (non-hydrogen) atoms. The van der Waals surface area contributed by atoms with Gasteiger partial charge in [-0.15, -0.1) is 0 Å². The number of likely N-dealkylation sites (N-methyl/N-ethyl adjacent to an activating group) is 1. The molecule has 0 N–H and O–H groups in total. The lowest BCUT2D eigenvalue weighted by atomic mass is 9.70. The summed E-state index contributed by atoms with van der Waals surface area (Å²) in [7, 11) is 0.267. The highest BCUT2D eigenvalue weighted by Crippen LogP contribution is 2.25. The monoisotopic (exact) mass is 267 g/mol. The summed E-state index contributed by atoms with van der Waals surface area (Å²) in [5.74, 6) is -1.23. The Morgan fingerprint density at radius 3 is 2.16 bits per heavy atom. The van der Waals surface area contributed by atoms with Gasteiger partial charge in [0.1, 0.15) is 0 Å². The van der Waals surface area contributed by atoms with Crippen molar-refractivity contribution in [2.45, 2.75) is 32.1 Å². The Morgan fingerprint density at radius 2 is 1.63 bits per heavy atom. The van der Waals surface area contributed by atoms with Crippen molar-refractivity contribution in [3.8, 4) is 0 Å². The lowest BCUT2D eigenvalue weighted by Gasteiger charge is -2.25. The number of carbonyl (C=O) groups excluding carboxylic acids is 3. The Hall–Kier alpha value is -1.37. The predicted molar refractivity (Wildman–Crippen MR) is 67.0 cm³/mol. The van der Waals surface area contributed by atoms with Crippen molar-refractivity contribution in [2.75, 3.05) is 20.1 Å². The van der Waals surface area contributed by atoms with Crippen LogP contribution in [0.5, 0.6) is 0 Å². The molecule has 0 aromatic carbocycles. The maximum absolute atomic E-state index is 12.2. The number of hydrogen-bond donors (Lipinski definition) is 0. The van der Waals surface area contributed by atoms with E-state index in [4.69, 9.17) is 9.31 Å². The summed E-state index contributed by atoms with van der Waals surface area (Å²) in [5.41, 5.74) is -0.272. The lowest BCUT2D eigenvalue weighted by Crippen LogP contribution is -2.48. The molecule has 1 aliphatic heterocycles. The molecule has 0 amide bonds. The summed E-state index contributed by atoms with van der Waals surface area (Å²) in [4.78, 5) is 36.8. The van der Waals surface area contributed by atoms with Crippen LogP contribution in [0.1, 0.15) is 32.1 Å². The van der Waals surface area contributed by atoms with Crippen LogP contribution in [0, 0.1) is 5.92 Å². The molecule has 2 fully saturated rings. The van der Waals surface area contributed by atoms with Gasteiger partial charge in [-0.1, -0.05) is 19.3 Å². The minimum absolute atomic E-state index is 0.0104. The third kappa shape index (κ3) is 3.80. The smallest absolute Gasteiger partial charge is 0.492 e. The first-order valence-electron chi connectivity index (χ1n) is 6.67. The van der Waals surface area contributed by atoms with Gasteiger partial charge >= 0.3 is 19.1 Å². The molecule has 0 unspecified atom stereocenters. The van der Waals surface area contributed by atoms with Crippen LogP contribution in [0.15, 0.2) is 0 Å². The molecule has 1 saturated carbocycles. The Kier molecular flexibility index (Phi) is 4.58. The van der Waals surface area contributed by atoms with E-state index in [9.17, 15) is 14.4 Å². The third-order valence-corrected chi connectivity index (χ3v) is 3.51. The zero-order valence-electron chi connectivity index (χ0n) is 11.1. The lowest BCUT2D eigenvalue weighted by molar-refractivity contribution is -0.148. The molecule has 0 radical (unpaired) electrons. The molecule has 1 saturated heterocycles. The summed E-state index contributed by atoms with van der Waals surface area (Å²) < 4.78 is 9.95. The second-order valence-corrected chi connectivity index (χ2v) is 5.22. The van der Waals surface area contributed by atoms with Gasteiger partial charge in [0, 0.05) is 5.92 Å². The highest BCUT2D eigenvalue weighted by molar-refractivity contribution is 6.82. The zero-order valence-corrected chi connectivity index (χ0v) is 11.1. The first-order chi connectivity index (χ1) is 9.06. The minimum atomic E-state index is -1.35. The van der Waals surface area contributed by atoms with E-state index in [0.717, 1.165) is 32.1 Å². The number of carbonyl (C=O) groups is 3. The minimum Gasteiger partial charge on any atom is -0.492 e. The van der Waals surface area contributed by atoms with Crippen LogP contribution in [0.25, 0.3) is 0 Å². The summed E-state index contributed by atoms with van der Waals surface area (Å²) >= 11 is 0. The number of nitrogens with zero attached hydrogens (tertiary/aromatic N) is 1. The Labute approximate surface area is 112 Å². The van der Waals surface area contributed by atoms with Gasteiger partial charge in [0.15, 0.2) is 5.68 Å². The van der Waals surface area contributed by atoms with E-state index < -0.39 is 19.1 Å². The first-order valence-corrected chi connectivity index (χ1v) is 6.67. The van der Waals surface area contributed by atoms with Crippen molar-refractivity contribution in [1.29, 1.82) is 0 Å². The average molecular weight is 267 g/mol. The topological polar surface area (TPSA) is 72.9 Å². The van der Waals surface area contributed by atoms with Crippen molar-refractivity contribution in [3.05, 3.63) is 0 Å². The maximum Gasteiger partial charge on any atom is 0.675 e. The van der Waals surface area contributed by atoms with E-state index in [2.05, 4.69) is 0 Å². The normalized spacial score (nSPS) is 23.3. The molecule has 1 heterocycles. The van der Waals surface area contributed by atoms with Crippen molar-refractivity contribution in [1.82, 2.24) is 4.90 Å². The van der Waals surface area contributed by atoms with Gasteiger partial charge in [-0.2, -0.15) is 0 Å². The molecule has 0 aromatic heterocycles. The molecule has 1 aliphatic carbocycles. The van der Waals surface area contributed by atoms with Gasteiger partial charge in [0.05, 0.1) is 13.1 Å². The van der Waals surface area contributed by atoms with Crippen molar-refractivity contribution in [3.63, 3.8) is 0 Å². The molecule has 0 spiro atoms.